The van der Waals surface area contributed by atoms with Crippen LogP contribution in [0.1, 0.15) is 39.0 Å². The maximum Gasteiger partial charge on any atom is 0.0125 e. The lowest BCUT2D eigenvalue weighted by molar-refractivity contribution is 0.282. The number of nitrogens with zero attached hydrogens (tertiary/aromatic N) is 1. The third-order valence-electron chi connectivity index (χ3n) is 3.67. The van der Waals surface area contributed by atoms with Crippen molar-refractivity contribution in [3.63, 3.8) is 0 Å². The van der Waals surface area contributed by atoms with Gasteiger partial charge in [0.15, 0.2) is 0 Å². The lowest BCUT2D eigenvalue weighted by Crippen LogP contribution is -2.25. The fourth-order valence-corrected chi connectivity index (χ4v) is 3.08. The van der Waals surface area contributed by atoms with E-state index in [1.165, 1.54) is 32.1 Å². The zero-order chi connectivity index (χ0) is 7.84. The van der Waals surface area contributed by atoms with E-state index in [9.17, 15) is 0 Å². The van der Waals surface area contributed by atoms with E-state index in [1.807, 2.05) is 0 Å². The Morgan fingerprint density at radius 1 is 1.36 bits per heavy atom. The normalized spacial score (nSPS) is 43.6. The van der Waals surface area contributed by atoms with Gasteiger partial charge in [0, 0.05) is 12.1 Å². The molecule has 3 unspecified atom stereocenters. The highest BCUT2D eigenvalue weighted by molar-refractivity contribution is 4.98. The second kappa shape index (κ2) is 2.78. The maximum atomic E-state index is 2.63. The van der Waals surface area contributed by atoms with Crippen LogP contribution < -0.4 is 0 Å². The molecule has 0 saturated carbocycles. The van der Waals surface area contributed by atoms with Crippen LogP contribution in [0, 0.1) is 5.92 Å². The van der Waals surface area contributed by atoms with Crippen LogP contribution in [0.4, 0.5) is 0 Å². The number of hydrogen-bond acceptors (Lipinski definition) is 1. The molecule has 0 aromatic heterocycles. The molecule has 0 amide bonds. The van der Waals surface area contributed by atoms with Crippen LogP contribution >= 0.6 is 0 Å². The summed E-state index contributed by atoms with van der Waals surface area (Å²) in [5.41, 5.74) is 0. The highest BCUT2D eigenvalue weighted by Crippen LogP contribution is 2.42. The minimum atomic E-state index is 0.955. The first-order valence-electron chi connectivity index (χ1n) is 5.05. The largest absolute Gasteiger partial charge is 0.300 e. The van der Waals surface area contributed by atoms with Gasteiger partial charge in [-0.25, -0.2) is 0 Å². The second-order valence-corrected chi connectivity index (χ2v) is 4.25. The van der Waals surface area contributed by atoms with Gasteiger partial charge in [0.25, 0.3) is 0 Å². The molecule has 3 atom stereocenters. The van der Waals surface area contributed by atoms with E-state index in [2.05, 4.69) is 18.9 Å². The van der Waals surface area contributed by atoms with E-state index in [4.69, 9.17) is 0 Å². The molecule has 0 spiro atoms. The molecule has 0 aromatic rings. The Balaban J connectivity index is 1.97. The van der Waals surface area contributed by atoms with E-state index >= 15 is 0 Å². The first-order chi connectivity index (χ1) is 5.33. The summed E-state index contributed by atoms with van der Waals surface area (Å²) in [6.07, 6.45) is 7.29. The fraction of sp³-hybridized carbons (Fsp3) is 1.00. The number of fused-ring (bicyclic) bond motifs is 2. The van der Waals surface area contributed by atoms with Crippen LogP contribution in [0.5, 0.6) is 0 Å². The molecule has 64 valence electrons. The third kappa shape index (κ3) is 1.10. The van der Waals surface area contributed by atoms with Gasteiger partial charge in [-0.1, -0.05) is 13.3 Å². The number of rotatable bonds is 2. The summed E-state index contributed by atoms with van der Waals surface area (Å²) in [4.78, 5) is 2.63. The molecule has 0 aromatic carbocycles. The summed E-state index contributed by atoms with van der Waals surface area (Å²) < 4.78 is 0. The monoisotopic (exact) mass is 153 g/mol. The van der Waals surface area contributed by atoms with Gasteiger partial charge < -0.3 is 4.90 Å². The summed E-state index contributed by atoms with van der Waals surface area (Å²) in [7, 11) is 2.32. The Kier molecular flexibility index (Phi) is 1.92. The molecule has 2 heterocycles. The molecule has 1 heteroatoms. The van der Waals surface area contributed by atoms with Gasteiger partial charge in [0.05, 0.1) is 0 Å². The molecule has 0 aliphatic carbocycles. The predicted molar refractivity (Wildman–Crippen MR) is 47.6 cm³/mol. The van der Waals surface area contributed by atoms with Crippen molar-refractivity contribution in [2.45, 2.75) is 51.1 Å². The molecule has 2 aliphatic rings. The van der Waals surface area contributed by atoms with Gasteiger partial charge in [-0.3, -0.25) is 0 Å². The molecule has 1 nitrogen and oxygen atoms in total. The molecule has 2 bridgehead atoms. The average Bonchev–Trinajstić information content (AvgIpc) is 2.47. The van der Waals surface area contributed by atoms with E-state index in [-0.39, 0.29) is 0 Å². The highest BCUT2D eigenvalue weighted by Gasteiger charge is 2.42. The summed E-state index contributed by atoms with van der Waals surface area (Å²) in [5, 5.41) is 0. The van der Waals surface area contributed by atoms with Crippen molar-refractivity contribution >= 4 is 0 Å². The summed E-state index contributed by atoms with van der Waals surface area (Å²) in [5.74, 6) is 1.05. The highest BCUT2D eigenvalue weighted by atomic mass is 15.2. The molecule has 2 fully saturated rings. The molecule has 2 rings (SSSR count). The molecular formula is C10H19N. The van der Waals surface area contributed by atoms with Crippen molar-refractivity contribution in [3.8, 4) is 0 Å². The van der Waals surface area contributed by atoms with Crippen LogP contribution in [0.25, 0.3) is 0 Å². The second-order valence-electron chi connectivity index (χ2n) is 4.25. The van der Waals surface area contributed by atoms with Crippen LogP contribution in [0.3, 0.4) is 0 Å². The Labute approximate surface area is 69.8 Å². The SMILES string of the molecule is CCCC1CC2CCC1N2C. The first kappa shape index (κ1) is 7.60. The minimum absolute atomic E-state index is 0.955. The lowest BCUT2D eigenvalue weighted by atomic mass is 9.86. The molecular weight excluding hydrogens is 134 g/mol. The predicted octanol–water partition coefficient (Wildman–Crippen LogP) is 2.27. The Morgan fingerprint density at radius 3 is 2.64 bits per heavy atom. The first-order valence-corrected chi connectivity index (χ1v) is 5.05. The zero-order valence-corrected chi connectivity index (χ0v) is 7.71. The quantitative estimate of drug-likeness (QED) is 0.588. The third-order valence-corrected chi connectivity index (χ3v) is 3.67. The summed E-state index contributed by atoms with van der Waals surface area (Å²) in [6, 6.07) is 1.91. The van der Waals surface area contributed by atoms with Crippen molar-refractivity contribution in [2.75, 3.05) is 7.05 Å². The molecule has 0 N–H and O–H groups in total. The summed E-state index contributed by atoms with van der Waals surface area (Å²) in [6.45, 7) is 2.31. The molecule has 2 aliphatic heterocycles. The minimum Gasteiger partial charge on any atom is -0.300 e. The smallest absolute Gasteiger partial charge is 0.0125 e. The Morgan fingerprint density at radius 2 is 2.18 bits per heavy atom. The number of hydrogen-bond donors (Lipinski definition) is 0. The van der Waals surface area contributed by atoms with Gasteiger partial charge in [-0.05, 0) is 38.6 Å². The van der Waals surface area contributed by atoms with Crippen molar-refractivity contribution < 1.29 is 0 Å². The molecule has 0 radical (unpaired) electrons. The van der Waals surface area contributed by atoms with Crippen molar-refractivity contribution in [1.82, 2.24) is 4.90 Å². The van der Waals surface area contributed by atoms with Gasteiger partial charge in [0.2, 0.25) is 0 Å². The van der Waals surface area contributed by atoms with Crippen molar-refractivity contribution in [1.29, 1.82) is 0 Å². The van der Waals surface area contributed by atoms with Gasteiger partial charge in [-0.15, -0.1) is 0 Å². The average molecular weight is 153 g/mol. The maximum absolute atomic E-state index is 2.63. The van der Waals surface area contributed by atoms with Crippen LogP contribution in [-0.2, 0) is 0 Å². The zero-order valence-electron chi connectivity index (χ0n) is 7.71. The summed E-state index contributed by atoms with van der Waals surface area (Å²) >= 11 is 0. The van der Waals surface area contributed by atoms with Gasteiger partial charge >= 0.3 is 0 Å². The van der Waals surface area contributed by atoms with E-state index in [0.717, 1.165) is 18.0 Å². The van der Waals surface area contributed by atoms with Crippen LogP contribution in [-0.4, -0.2) is 24.0 Å². The molecule has 2 saturated heterocycles. The standard InChI is InChI=1S/C10H19N/c1-3-4-8-7-9-5-6-10(8)11(9)2/h8-10H,3-7H2,1-2H3. The van der Waals surface area contributed by atoms with Crippen LogP contribution in [0.15, 0.2) is 0 Å². The Hall–Kier alpha value is -0.0400. The van der Waals surface area contributed by atoms with E-state index < -0.39 is 0 Å². The lowest BCUT2D eigenvalue weighted by Gasteiger charge is -2.20. The van der Waals surface area contributed by atoms with E-state index in [1.54, 1.807) is 0 Å². The van der Waals surface area contributed by atoms with Gasteiger partial charge in [-0.2, -0.15) is 0 Å². The van der Waals surface area contributed by atoms with Gasteiger partial charge in [0.1, 0.15) is 0 Å². The Bertz CT molecular complexity index is 144. The fourth-order valence-electron chi connectivity index (χ4n) is 3.08. The van der Waals surface area contributed by atoms with E-state index in [0.29, 0.717) is 0 Å². The van der Waals surface area contributed by atoms with Crippen molar-refractivity contribution in [3.05, 3.63) is 0 Å². The van der Waals surface area contributed by atoms with Crippen LogP contribution in [0.2, 0.25) is 0 Å². The topological polar surface area (TPSA) is 3.24 Å². The molecule has 11 heavy (non-hydrogen) atoms. The van der Waals surface area contributed by atoms with Crippen molar-refractivity contribution in [2.24, 2.45) is 5.92 Å².